The SMILES string of the molecule is Oc1sc2c(CBr)cccc2c1Br. The van der Waals surface area contributed by atoms with E-state index in [-0.39, 0.29) is 0 Å². The first-order valence-corrected chi connectivity index (χ1v) is 6.42. The van der Waals surface area contributed by atoms with Crippen LogP contribution in [0.2, 0.25) is 0 Å². The molecule has 1 heterocycles. The highest BCUT2D eigenvalue weighted by Gasteiger charge is 2.10. The van der Waals surface area contributed by atoms with E-state index >= 15 is 0 Å². The summed E-state index contributed by atoms with van der Waals surface area (Å²) >= 11 is 8.19. The van der Waals surface area contributed by atoms with Crippen LogP contribution in [-0.2, 0) is 5.33 Å². The summed E-state index contributed by atoms with van der Waals surface area (Å²) in [5.41, 5.74) is 1.21. The van der Waals surface area contributed by atoms with E-state index in [0.717, 1.165) is 19.9 Å². The molecule has 68 valence electrons. The summed E-state index contributed by atoms with van der Waals surface area (Å²) in [5, 5.41) is 11.8. The topological polar surface area (TPSA) is 20.2 Å². The van der Waals surface area contributed by atoms with Crippen LogP contribution in [0.4, 0.5) is 0 Å². The van der Waals surface area contributed by atoms with E-state index in [4.69, 9.17) is 0 Å². The van der Waals surface area contributed by atoms with Gasteiger partial charge in [-0.1, -0.05) is 45.5 Å². The number of alkyl halides is 1. The zero-order valence-corrected chi connectivity index (χ0v) is 10.5. The van der Waals surface area contributed by atoms with Crippen LogP contribution >= 0.6 is 43.2 Å². The van der Waals surface area contributed by atoms with Crippen LogP contribution in [0.25, 0.3) is 10.1 Å². The molecule has 2 aromatic rings. The summed E-state index contributed by atoms with van der Waals surface area (Å²) in [7, 11) is 0. The molecule has 0 aliphatic rings. The molecule has 2 rings (SSSR count). The van der Waals surface area contributed by atoms with Gasteiger partial charge in [-0.3, -0.25) is 0 Å². The highest BCUT2D eigenvalue weighted by Crippen LogP contribution is 2.42. The summed E-state index contributed by atoms with van der Waals surface area (Å²) in [4.78, 5) is 0. The fraction of sp³-hybridized carbons (Fsp3) is 0.111. The third kappa shape index (κ3) is 1.51. The first-order valence-electron chi connectivity index (χ1n) is 3.69. The van der Waals surface area contributed by atoms with Crippen LogP contribution in [0.1, 0.15) is 5.56 Å². The summed E-state index contributed by atoms with van der Waals surface area (Å²) in [5.74, 6) is 0. The molecular weight excluding hydrogens is 316 g/mol. The molecule has 0 unspecified atom stereocenters. The second-order valence-corrected chi connectivity index (χ2v) is 5.00. The number of halogens is 2. The number of thiophene rings is 1. The fourth-order valence-corrected chi connectivity index (χ4v) is 3.54. The van der Waals surface area contributed by atoms with Crippen molar-refractivity contribution in [1.29, 1.82) is 0 Å². The monoisotopic (exact) mass is 320 g/mol. The zero-order chi connectivity index (χ0) is 9.42. The van der Waals surface area contributed by atoms with Crippen molar-refractivity contribution in [2.45, 2.75) is 5.33 Å². The fourth-order valence-electron chi connectivity index (χ4n) is 1.24. The molecule has 0 atom stereocenters. The van der Waals surface area contributed by atoms with Crippen molar-refractivity contribution < 1.29 is 5.11 Å². The molecule has 0 bridgehead atoms. The lowest BCUT2D eigenvalue weighted by Gasteiger charge is -1.96. The third-order valence-corrected chi connectivity index (χ3v) is 4.62. The van der Waals surface area contributed by atoms with E-state index in [0.29, 0.717) is 5.06 Å². The quantitative estimate of drug-likeness (QED) is 0.778. The largest absolute Gasteiger partial charge is 0.499 e. The van der Waals surface area contributed by atoms with Gasteiger partial charge in [-0.15, -0.1) is 0 Å². The molecule has 1 N–H and O–H groups in total. The standard InChI is InChI=1S/C9H6Br2OS/c10-4-5-2-1-3-6-7(11)9(12)13-8(5)6/h1-3,12H,4H2. The minimum Gasteiger partial charge on any atom is -0.499 e. The Kier molecular flexibility index (Phi) is 2.62. The lowest BCUT2D eigenvalue weighted by Crippen LogP contribution is -1.75. The molecule has 4 heteroatoms. The lowest BCUT2D eigenvalue weighted by atomic mass is 10.2. The van der Waals surface area contributed by atoms with Crippen molar-refractivity contribution in [3.05, 3.63) is 28.2 Å². The average molecular weight is 322 g/mol. The number of benzene rings is 1. The van der Waals surface area contributed by atoms with E-state index < -0.39 is 0 Å². The van der Waals surface area contributed by atoms with Gasteiger partial charge >= 0.3 is 0 Å². The third-order valence-electron chi connectivity index (χ3n) is 1.86. The van der Waals surface area contributed by atoms with Gasteiger partial charge in [-0.25, -0.2) is 0 Å². The highest BCUT2D eigenvalue weighted by molar-refractivity contribution is 9.10. The first kappa shape index (κ1) is 9.49. The van der Waals surface area contributed by atoms with Crippen LogP contribution < -0.4 is 0 Å². The van der Waals surface area contributed by atoms with E-state index in [1.54, 1.807) is 0 Å². The highest BCUT2D eigenvalue weighted by atomic mass is 79.9. The number of hydrogen-bond acceptors (Lipinski definition) is 2. The van der Waals surface area contributed by atoms with Crippen LogP contribution in [0.15, 0.2) is 22.7 Å². The summed E-state index contributed by atoms with van der Waals surface area (Å²) in [6, 6.07) is 6.05. The predicted molar refractivity (Wildman–Crippen MR) is 63.8 cm³/mol. The molecule has 0 aliphatic heterocycles. The Hall–Kier alpha value is -0.0600. The smallest absolute Gasteiger partial charge is 0.186 e. The molecule has 0 aliphatic carbocycles. The van der Waals surface area contributed by atoms with Crippen LogP contribution in [0, 0.1) is 0 Å². The number of hydrogen-bond donors (Lipinski definition) is 1. The summed E-state index contributed by atoms with van der Waals surface area (Å²) in [6.45, 7) is 0. The molecule has 0 fully saturated rings. The maximum atomic E-state index is 9.52. The van der Waals surface area contributed by atoms with Gasteiger partial charge in [0.2, 0.25) is 0 Å². The van der Waals surface area contributed by atoms with Crippen molar-refractivity contribution in [1.82, 2.24) is 0 Å². The van der Waals surface area contributed by atoms with Gasteiger partial charge < -0.3 is 5.11 Å². The molecule has 0 saturated heterocycles. The molecule has 0 amide bonds. The van der Waals surface area contributed by atoms with Crippen LogP contribution in [-0.4, -0.2) is 5.11 Å². The normalized spacial score (nSPS) is 10.9. The Bertz CT molecular complexity index is 450. The van der Waals surface area contributed by atoms with E-state index in [1.807, 2.05) is 12.1 Å². The van der Waals surface area contributed by atoms with Crippen molar-refractivity contribution in [2.75, 3.05) is 0 Å². The van der Waals surface area contributed by atoms with Gasteiger partial charge in [0.25, 0.3) is 0 Å². The maximum absolute atomic E-state index is 9.52. The number of aromatic hydroxyl groups is 1. The zero-order valence-electron chi connectivity index (χ0n) is 6.55. The van der Waals surface area contributed by atoms with Crippen molar-refractivity contribution in [2.24, 2.45) is 0 Å². The van der Waals surface area contributed by atoms with Gasteiger partial charge in [-0.2, -0.15) is 0 Å². The van der Waals surface area contributed by atoms with Gasteiger partial charge in [0.15, 0.2) is 5.06 Å². The minimum absolute atomic E-state index is 0.350. The van der Waals surface area contributed by atoms with Gasteiger partial charge in [0, 0.05) is 15.4 Å². The Balaban J connectivity index is 2.84. The molecule has 13 heavy (non-hydrogen) atoms. The molecule has 1 aromatic heterocycles. The summed E-state index contributed by atoms with van der Waals surface area (Å²) in [6.07, 6.45) is 0. The average Bonchev–Trinajstić information content (AvgIpc) is 2.43. The van der Waals surface area contributed by atoms with E-state index in [9.17, 15) is 5.11 Å². The van der Waals surface area contributed by atoms with Gasteiger partial charge in [0.1, 0.15) is 0 Å². The molecule has 1 nitrogen and oxygen atoms in total. The molecule has 0 radical (unpaired) electrons. The Morgan fingerprint density at radius 3 is 2.85 bits per heavy atom. The molecular formula is C9H6Br2OS. The molecule has 0 saturated carbocycles. The Labute approximate surface area is 96.6 Å². The van der Waals surface area contributed by atoms with Gasteiger partial charge in [0.05, 0.1) is 4.47 Å². The van der Waals surface area contributed by atoms with Crippen LogP contribution in [0.5, 0.6) is 5.06 Å². The molecule has 0 spiro atoms. The lowest BCUT2D eigenvalue weighted by molar-refractivity contribution is 0.488. The Morgan fingerprint density at radius 1 is 1.38 bits per heavy atom. The van der Waals surface area contributed by atoms with Crippen LogP contribution in [0.3, 0.4) is 0 Å². The Morgan fingerprint density at radius 2 is 2.15 bits per heavy atom. The van der Waals surface area contributed by atoms with E-state index in [1.165, 1.54) is 16.9 Å². The van der Waals surface area contributed by atoms with Crippen molar-refractivity contribution in [3.8, 4) is 5.06 Å². The first-order chi connectivity index (χ1) is 6.24. The van der Waals surface area contributed by atoms with E-state index in [2.05, 4.69) is 37.9 Å². The number of fused-ring (bicyclic) bond motifs is 1. The maximum Gasteiger partial charge on any atom is 0.186 e. The molecule has 1 aromatic carbocycles. The second-order valence-electron chi connectivity index (χ2n) is 2.65. The van der Waals surface area contributed by atoms with Crippen molar-refractivity contribution in [3.63, 3.8) is 0 Å². The minimum atomic E-state index is 0.350. The van der Waals surface area contributed by atoms with Crippen molar-refractivity contribution >= 4 is 53.3 Å². The second kappa shape index (κ2) is 3.59. The summed E-state index contributed by atoms with van der Waals surface area (Å²) < 4.78 is 1.94. The van der Waals surface area contributed by atoms with Gasteiger partial charge in [-0.05, 0) is 21.5 Å². The predicted octanol–water partition coefficient (Wildman–Crippen LogP) is 4.26. The number of rotatable bonds is 1.